The Bertz CT molecular complexity index is 535. The molecule has 0 saturated carbocycles. The van der Waals surface area contributed by atoms with Gasteiger partial charge in [-0.25, -0.2) is 0 Å². The average Bonchev–Trinajstić information content (AvgIpc) is 2.60. The molecule has 0 bridgehead atoms. The van der Waals surface area contributed by atoms with E-state index in [1.54, 1.807) is 0 Å². The number of hydrogen-bond donors (Lipinski definition) is 0. The molecule has 29 heavy (non-hydrogen) atoms. The van der Waals surface area contributed by atoms with Gasteiger partial charge in [0.25, 0.3) is 0 Å². The topological polar surface area (TPSA) is 35.5 Å². The van der Waals surface area contributed by atoms with E-state index in [4.69, 9.17) is 9.16 Å². The molecule has 3 nitrogen and oxygen atoms in total. The molecule has 0 fully saturated rings. The van der Waals surface area contributed by atoms with Crippen molar-refractivity contribution in [1.29, 1.82) is 0 Å². The number of rotatable bonds is 14. The van der Waals surface area contributed by atoms with Crippen LogP contribution in [0.2, 0.25) is 18.1 Å². The second-order valence-corrected chi connectivity index (χ2v) is 15.4. The van der Waals surface area contributed by atoms with Crippen LogP contribution in [0.4, 0.5) is 0 Å². The molecule has 0 heterocycles. The molecule has 0 aromatic heterocycles. The minimum Gasteiger partial charge on any atom is -0.469 e. The average molecular weight is 425 g/mol. The van der Waals surface area contributed by atoms with Crippen LogP contribution in [0.25, 0.3) is 0 Å². The first kappa shape index (κ1) is 28.2. The van der Waals surface area contributed by atoms with Gasteiger partial charge in [0.15, 0.2) is 8.32 Å². The van der Waals surface area contributed by atoms with E-state index in [1.165, 1.54) is 25.5 Å². The number of esters is 1. The zero-order chi connectivity index (χ0) is 22.6. The van der Waals surface area contributed by atoms with Crippen molar-refractivity contribution in [3.8, 4) is 0 Å². The maximum Gasteiger partial charge on any atom is 0.306 e. The van der Waals surface area contributed by atoms with Gasteiger partial charge in [-0.05, 0) is 80.1 Å². The molecule has 0 aliphatic rings. The lowest BCUT2D eigenvalue weighted by molar-refractivity contribution is -0.143. The highest BCUT2D eigenvalue weighted by Crippen LogP contribution is 2.36. The van der Waals surface area contributed by atoms with E-state index >= 15 is 0 Å². The summed E-state index contributed by atoms with van der Waals surface area (Å²) in [5.74, 6) is -0.121. The van der Waals surface area contributed by atoms with Crippen LogP contribution in [0.5, 0.6) is 0 Å². The van der Waals surface area contributed by atoms with Crippen LogP contribution in [0, 0.1) is 5.41 Å². The fraction of sp³-hybridized carbons (Fsp3) is 0.840. The lowest BCUT2D eigenvalue weighted by Crippen LogP contribution is -2.40. The summed E-state index contributed by atoms with van der Waals surface area (Å²) < 4.78 is 11.1. The van der Waals surface area contributed by atoms with E-state index in [2.05, 4.69) is 66.4 Å². The Labute approximate surface area is 182 Å². The van der Waals surface area contributed by atoms with Gasteiger partial charge in [-0.2, -0.15) is 0 Å². The summed E-state index contributed by atoms with van der Waals surface area (Å²) in [7, 11) is -0.149. The molecule has 0 radical (unpaired) electrons. The highest BCUT2D eigenvalue weighted by Gasteiger charge is 2.36. The third-order valence-corrected chi connectivity index (χ3v) is 10.6. The summed E-state index contributed by atoms with van der Waals surface area (Å²) in [5.41, 5.74) is 4.93. The van der Waals surface area contributed by atoms with Gasteiger partial charge in [0, 0.05) is 6.61 Å². The Kier molecular flexibility index (Phi) is 13.1. The van der Waals surface area contributed by atoms with Gasteiger partial charge in [0.2, 0.25) is 0 Å². The summed E-state index contributed by atoms with van der Waals surface area (Å²) in [6.07, 6.45) is 11.5. The van der Waals surface area contributed by atoms with Gasteiger partial charge in [-0.1, -0.05) is 48.0 Å². The lowest BCUT2D eigenvalue weighted by atomic mass is 9.82. The van der Waals surface area contributed by atoms with Gasteiger partial charge < -0.3 is 9.16 Å². The lowest BCUT2D eigenvalue weighted by Gasteiger charge is -2.36. The van der Waals surface area contributed by atoms with Crippen LogP contribution in [0.15, 0.2) is 17.4 Å². The Morgan fingerprint density at radius 2 is 1.69 bits per heavy atom. The molecule has 0 unspecified atom stereocenters. The zero-order valence-electron chi connectivity index (χ0n) is 20.9. The van der Waals surface area contributed by atoms with Gasteiger partial charge in [0.05, 0.1) is 13.5 Å². The van der Waals surface area contributed by atoms with Crippen LogP contribution < -0.4 is 0 Å². The van der Waals surface area contributed by atoms with Crippen LogP contribution in [0.3, 0.4) is 0 Å². The second-order valence-electron chi connectivity index (χ2n) is 10.6. The van der Waals surface area contributed by atoms with Crippen LogP contribution in [0.1, 0.15) is 99.3 Å². The van der Waals surface area contributed by atoms with Crippen LogP contribution in [-0.2, 0) is 14.0 Å². The molecule has 0 N–H and O–H groups in total. The first-order valence-electron chi connectivity index (χ1n) is 11.5. The minimum atomic E-state index is -1.61. The van der Waals surface area contributed by atoms with E-state index in [1.807, 2.05) is 0 Å². The molecule has 0 atom stereocenters. The summed E-state index contributed by atoms with van der Waals surface area (Å²) in [6, 6.07) is 0. The predicted molar refractivity (Wildman–Crippen MR) is 128 cm³/mol. The largest absolute Gasteiger partial charge is 0.469 e. The molecule has 0 spiro atoms. The molecule has 0 aromatic rings. The van der Waals surface area contributed by atoms with Crippen molar-refractivity contribution in [3.05, 3.63) is 17.4 Å². The van der Waals surface area contributed by atoms with E-state index in [-0.39, 0.29) is 16.4 Å². The number of ether oxygens (including phenoxy) is 1. The number of methoxy groups -OCH3 is 1. The number of carbonyl (C=O) groups is 1. The van der Waals surface area contributed by atoms with E-state index in [0.717, 1.165) is 45.1 Å². The molecule has 0 aliphatic heterocycles. The third-order valence-electron chi connectivity index (χ3n) is 6.10. The van der Waals surface area contributed by atoms with Crippen molar-refractivity contribution in [2.24, 2.45) is 5.41 Å². The highest BCUT2D eigenvalue weighted by molar-refractivity contribution is 6.74. The number of unbranched alkanes of at least 4 members (excludes halogenated alkanes) is 3. The van der Waals surface area contributed by atoms with Crippen molar-refractivity contribution in [2.75, 3.05) is 13.7 Å². The minimum absolute atomic E-state index is 0.0344. The quantitative estimate of drug-likeness (QED) is 0.123. The summed E-state index contributed by atoms with van der Waals surface area (Å²) in [6.45, 7) is 18.9. The summed E-state index contributed by atoms with van der Waals surface area (Å²) in [5, 5.41) is 0.283. The molecule has 0 rings (SSSR count). The Hall–Kier alpha value is -0.833. The maximum atomic E-state index is 11.6. The van der Waals surface area contributed by atoms with Crippen molar-refractivity contribution >= 4 is 14.3 Å². The monoisotopic (exact) mass is 424 g/mol. The molecule has 0 saturated heterocycles. The Balaban J connectivity index is 4.52. The van der Waals surface area contributed by atoms with E-state index < -0.39 is 8.32 Å². The molecule has 0 amide bonds. The van der Waals surface area contributed by atoms with Crippen LogP contribution >= 0.6 is 0 Å². The first-order chi connectivity index (χ1) is 13.3. The second kappa shape index (κ2) is 13.5. The predicted octanol–water partition coefficient (Wildman–Crippen LogP) is 7.82. The molecular formula is C25H48O3Si. The van der Waals surface area contributed by atoms with E-state index in [9.17, 15) is 4.79 Å². The van der Waals surface area contributed by atoms with Gasteiger partial charge in [0.1, 0.15) is 0 Å². The highest BCUT2D eigenvalue weighted by atomic mass is 28.4. The van der Waals surface area contributed by atoms with Crippen LogP contribution in [-0.4, -0.2) is 28.0 Å². The van der Waals surface area contributed by atoms with Gasteiger partial charge in [-0.15, -0.1) is 5.73 Å². The smallest absolute Gasteiger partial charge is 0.306 e. The fourth-order valence-corrected chi connectivity index (χ4v) is 3.90. The van der Waals surface area contributed by atoms with Crippen molar-refractivity contribution in [1.82, 2.24) is 0 Å². The normalized spacial score (nSPS) is 12.4. The standard InChI is InChI=1S/C25H48O3Si/c1-10-11-16-22(18-19-25(5,6)21-23(26)27-7)17-14-12-13-15-20-28-29(8,9)24(2,3)4/h14H,10-13,15-16,18-21H2,1-9H3. The number of carbonyl (C=O) groups excluding carboxylic acids is 1. The Morgan fingerprint density at radius 1 is 1.03 bits per heavy atom. The van der Waals surface area contributed by atoms with Crippen molar-refractivity contribution < 1.29 is 14.0 Å². The molecule has 170 valence electrons. The van der Waals surface area contributed by atoms with Gasteiger partial charge in [-0.3, -0.25) is 4.79 Å². The van der Waals surface area contributed by atoms with E-state index in [0.29, 0.717) is 6.42 Å². The van der Waals surface area contributed by atoms with Gasteiger partial charge >= 0.3 is 5.97 Å². The molecule has 0 aromatic carbocycles. The molecule has 0 aliphatic carbocycles. The van der Waals surface area contributed by atoms with Crippen molar-refractivity contribution in [2.45, 2.75) is 117 Å². The fourth-order valence-electron chi connectivity index (χ4n) is 2.81. The summed E-state index contributed by atoms with van der Waals surface area (Å²) >= 11 is 0. The van der Waals surface area contributed by atoms with Crippen molar-refractivity contribution in [3.63, 3.8) is 0 Å². The summed E-state index contributed by atoms with van der Waals surface area (Å²) in [4.78, 5) is 11.6. The zero-order valence-corrected chi connectivity index (χ0v) is 21.9. The first-order valence-corrected chi connectivity index (χ1v) is 14.4. The number of hydrogen-bond acceptors (Lipinski definition) is 3. The third kappa shape index (κ3) is 13.2. The maximum absolute atomic E-state index is 11.6. The molecular weight excluding hydrogens is 376 g/mol. The Morgan fingerprint density at radius 3 is 2.24 bits per heavy atom. The number of allylic oxidation sites excluding steroid dienone is 1. The molecule has 4 heteroatoms. The SMILES string of the molecule is CCCCC(=C=CCCCCO[Si](C)(C)C(C)(C)C)CCC(C)(C)CC(=O)OC.